The summed E-state index contributed by atoms with van der Waals surface area (Å²) in [6.07, 6.45) is 1.26. The second-order valence-electron chi connectivity index (χ2n) is 7.62. The molecule has 5 rings (SSSR count). The molecule has 0 radical (unpaired) electrons. The molecular formula is C24H20ClN3O5S. The number of nitrogens with zero attached hydrogens (tertiary/aromatic N) is 2. The lowest BCUT2D eigenvalue weighted by Crippen LogP contribution is -2.41. The summed E-state index contributed by atoms with van der Waals surface area (Å²) in [6, 6.07) is 15.9. The van der Waals surface area contributed by atoms with E-state index in [4.69, 9.17) is 25.5 Å². The van der Waals surface area contributed by atoms with E-state index >= 15 is 0 Å². The largest absolute Gasteiger partial charge is 0.486 e. The Morgan fingerprint density at radius 2 is 2.03 bits per heavy atom. The third-order valence-corrected chi connectivity index (χ3v) is 6.41. The zero-order chi connectivity index (χ0) is 23.5. The van der Waals surface area contributed by atoms with Gasteiger partial charge in [0, 0.05) is 5.02 Å². The van der Waals surface area contributed by atoms with Gasteiger partial charge in [0.25, 0.3) is 5.56 Å². The van der Waals surface area contributed by atoms with E-state index in [9.17, 15) is 9.59 Å². The van der Waals surface area contributed by atoms with Gasteiger partial charge in [0.2, 0.25) is 5.91 Å². The highest BCUT2D eigenvalue weighted by atomic mass is 35.5. The number of hydrogen-bond acceptors (Lipinski definition) is 7. The van der Waals surface area contributed by atoms with Crippen LogP contribution in [0.1, 0.15) is 5.76 Å². The Kier molecular flexibility index (Phi) is 6.46. The van der Waals surface area contributed by atoms with Gasteiger partial charge in [0.1, 0.15) is 18.5 Å². The lowest BCUT2D eigenvalue weighted by Gasteiger charge is -2.26. The summed E-state index contributed by atoms with van der Waals surface area (Å²) in [5.41, 5.74) is 0.245. The Morgan fingerprint density at radius 1 is 1.18 bits per heavy atom. The quantitative estimate of drug-likeness (QED) is 0.307. The van der Waals surface area contributed by atoms with Gasteiger partial charge in [-0.2, -0.15) is 0 Å². The molecule has 1 aliphatic heterocycles. The predicted molar refractivity (Wildman–Crippen MR) is 129 cm³/mol. The monoisotopic (exact) mass is 497 g/mol. The van der Waals surface area contributed by atoms with Crippen LogP contribution in [0.25, 0.3) is 10.9 Å². The first-order chi connectivity index (χ1) is 16.6. The summed E-state index contributed by atoms with van der Waals surface area (Å²) in [5.74, 6) is 1.82. The number of halogens is 1. The average Bonchev–Trinajstić information content (AvgIpc) is 3.36. The van der Waals surface area contributed by atoms with E-state index in [0.717, 1.165) is 0 Å². The number of furan rings is 1. The fourth-order valence-corrected chi connectivity index (χ4v) is 4.55. The molecule has 34 heavy (non-hydrogen) atoms. The van der Waals surface area contributed by atoms with Crippen LogP contribution in [0.3, 0.4) is 0 Å². The first-order valence-electron chi connectivity index (χ1n) is 10.6. The Morgan fingerprint density at radius 3 is 2.85 bits per heavy atom. The first kappa shape index (κ1) is 22.4. The molecule has 0 saturated carbocycles. The highest BCUT2D eigenvalue weighted by Gasteiger charge is 2.21. The molecule has 0 saturated heterocycles. The first-order valence-corrected chi connectivity index (χ1v) is 11.9. The van der Waals surface area contributed by atoms with Crippen LogP contribution in [0.15, 0.2) is 75.2 Å². The highest BCUT2D eigenvalue weighted by molar-refractivity contribution is 7.99. The SMILES string of the molecule is O=C(CSc1nc2cc(Cl)ccc2c(=O)n1Cc1ccco1)NCC1COc2ccccc2O1. The van der Waals surface area contributed by atoms with E-state index in [-0.39, 0.29) is 29.9 Å². The number of carbonyl (C=O) groups excluding carboxylic acids is 1. The number of thioether (sulfide) groups is 1. The van der Waals surface area contributed by atoms with Crippen molar-refractivity contribution < 1.29 is 18.7 Å². The summed E-state index contributed by atoms with van der Waals surface area (Å²) >= 11 is 7.27. The Labute approximate surface area is 203 Å². The summed E-state index contributed by atoms with van der Waals surface area (Å²) < 4.78 is 18.5. The molecule has 2 aromatic heterocycles. The van der Waals surface area contributed by atoms with Crippen molar-refractivity contribution in [2.24, 2.45) is 0 Å². The molecule has 1 unspecified atom stereocenters. The topological polar surface area (TPSA) is 95.6 Å². The number of nitrogens with one attached hydrogen (secondary N) is 1. The van der Waals surface area contributed by atoms with Crippen molar-refractivity contribution in [3.8, 4) is 11.5 Å². The van der Waals surface area contributed by atoms with Gasteiger partial charge in [-0.25, -0.2) is 4.98 Å². The fourth-order valence-electron chi connectivity index (χ4n) is 3.55. The zero-order valence-corrected chi connectivity index (χ0v) is 19.5. The van der Waals surface area contributed by atoms with E-state index in [1.54, 1.807) is 36.6 Å². The highest BCUT2D eigenvalue weighted by Crippen LogP contribution is 2.30. The molecular weight excluding hydrogens is 478 g/mol. The van der Waals surface area contributed by atoms with Gasteiger partial charge in [-0.3, -0.25) is 14.2 Å². The molecule has 1 N–H and O–H groups in total. The maximum atomic E-state index is 13.2. The minimum Gasteiger partial charge on any atom is -0.486 e. The molecule has 1 atom stereocenters. The maximum Gasteiger partial charge on any atom is 0.262 e. The predicted octanol–water partition coefficient (Wildman–Crippen LogP) is 3.74. The Hall–Kier alpha value is -3.43. The molecule has 0 spiro atoms. The standard InChI is InChI=1S/C24H20ClN3O5S/c25-15-7-8-18-19(10-15)27-24(28(23(18)30)12-16-4-3-9-31-16)34-14-22(29)26-11-17-13-32-20-5-1-2-6-21(20)33-17/h1-10,17H,11-14H2,(H,26,29). The van der Waals surface area contributed by atoms with Crippen LogP contribution in [0, 0.1) is 0 Å². The molecule has 1 aliphatic rings. The van der Waals surface area contributed by atoms with Crippen LogP contribution in [-0.2, 0) is 11.3 Å². The van der Waals surface area contributed by atoms with Crippen molar-refractivity contribution in [1.82, 2.24) is 14.9 Å². The smallest absolute Gasteiger partial charge is 0.262 e. The van der Waals surface area contributed by atoms with E-state index in [0.29, 0.717) is 51.5 Å². The molecule has 0 aliphatic carbocycles. The van der Waals surface area contributed by atoms with Crippen LogP contribution in [0.4, 0.5) is 0 Å². The summed E-state index contributed by atoms with van der Waals surface area (Å²) in [7, 11) is 0. The third-order valence-electron chi connectivity index (χ3n) is 5.20. The fraction of sp³-hybridized carbons (Fsp3) is 0.208. The number of para-hydroxylation sites is 2. The molecule has 4 aromatic rings. The molecule has 0 bridgehead atoms. The molecule has 0 fully saturated rings. The molecule has 2 aromatic carbocycles. The van der Waals surface area contributed by atoms with Gasteiger partial charge in [0.05, 0.1) is 36.0 Å². The minimum atomic E-state index is -0.290. The van der Waals surface area contributed by atoms with Gasteiger partial charge >= 0.3 is 0 Å². The van der Waals surface area contributed by atoms with Crippen LogP contribution >= 0.6 is 23.4 Å². The van der Waals surface area contributed by atoms with Crippen molar-refractivity contribution in [3.63, 3.8) is 0 Å². The lowest BCUT2D eigenvalue weighted by atomic mass is 10.2. The normalized spacial score (nSPS) is 14.8. The number of ether oxygens (including phenoxy) is 2. The van der Waals surface area contributed by atoms with Crippen LogP contribution in [0.5, 0.6) is 11.5 Å². The Balaban J connectivity index is 1.28. The summed E-state index contributed by atoms with van der Waals surface area (Å²) in [6.45, 7) is 0.849. The lowest BCUT2D eigenvalue weighted by molar-refractivity contribution is -0.119. The number of rotatable bonds is 7. The van der Waals surface area contributed by atoms with Crippen molar-refractivity contribution in [2.75, 3.05) is 18.9 Å². The third kappa shape index (κ3) is 4.90. The van der Waals surface area contributed by atoms with Crippen molar-refractivity contribution >= 4 is 40.2 Å². The molecule has 8 nitrogen and oxygen atoms in total. The number of amides is 1. The van der Waals surface area contributed by atoms with Gasteiger partial charge in [-0.15, -0.1) is 0 Å². The van der Waals surface area contributed by atoms with Crippen LogP contribution in [-0.4, -0.2) is 40.5 Å². The number of aromatic nitrogens is 2. The van der Waals surface area contributed by atoms with Crippen LogP contribution in [0.2, 0.25) is 5.02 Å². The van der Waals surface area contributed by atoms with Gasteiger partial charge in [-0.1, -0.05) is 35.5 Å². The molecule has 10 heteroatoms. The number of fused-ring (bicyclic) bond motifs is 2. The Bertz CT molecular complexity index is 1390. The minimum absolute atomic E-state index is 0.0703. The molecule has 1 amide bonds. The number of hydrogen-bond donors (Lipinski definition) is 1. The van der Waals surface area contributed by atoms with Gasteiger partial charge < -0.3 is 19.2 Å². The van der Waals surface area contributed by atoms with E-state index in [1.165, 1.54) is 16.3 Å². The van der Waals surface area contributed by atoms with Crippen LogP contribution < -0.4 is 20.3 Å². The van der Waals surface area contributed by atoms with Crippen molar-refractivity contribution in [2.45, 2.75) is 17.8 Å². The zero-order valence-electron chi connectivity index (χ0n) is 17.9. The van der Waals surface area contributed by atoms with Gasteiger partial charge in [0.15, 0.2) is 16.7 Å². The second-order valence-corrected chi connectivity index (χ2v) is 9.00. The van der Waals surface area contributed by atoms with Crippen molar-refractivity contribution in [3.05, 3.63) is 82.0 Å². The van der Waals surface area contributed by atoms with E-state index in [1.807, 2.05) is 24.3 Å². The van der Waals surface area contributed by atoms with Crippen molar-refractivity contribution in [1.29, 1.82) is 0 Å². The number of benzene rings is 2. The maximum absolute atomic E-state index is 13.2. The van der Waals surface area contributed by atoms with E-state index in [2.05, 4.69) is 10.3 Å². The second kappa shape index (κ2) is 9.82. The summed E-state index contributed by atoms with van der Waals surface area (Å²) in [4.78, 5) is 30.3. The molecule has 174 valence electrons. The van der Waals surface area contributed by atoms with Gasteiger partial charge in [-0.05, 0) is 42.5 Å². The summed E-state index contributed by atoms with van der Waals surface area (Å²) in [5, 5.41) is 4.18. The average molecular weight is 498 g/mol. The number of carbonyl (C=O) groups is 1. The van der Waals surface area contributed by atoms with E-state index < -0.39 is 0 Å². The molecule has 3 heterocycles.